The number of hydrogen-bond donors (Lipinski definition) is 2. The summed E-state index contributed by atoms with van der Waals surface area (Å²) in [4.78, 5) is 10.9. The van der Waals surface area contributed by atoms with E-state index in [-0.39, 0.29) is 5.75 Å². The number of benzene rings is 1. The topological polar surface area (TPSA) is 72.5 Å². The van der Waals surface area contributed by atoms with Crippen LogP contribution in [-0.4, -0.2) is 18.1 Å². The lowest BCUT2D eigenvalue weighted by Crippen LogP contribution is -2.22. The van der Waals surface area contributed by atoms with Gasteiger partial charge < -0.3 is 15.6 Å². The fourth-order valence-corrected chi connectivity index (χ4v) is 1.10. The highest BCUT2D eigenvalue weighted by molar-refractivity contribution is 5.80. The van der Waals surface area contributed by atoms with Crippen LogP contribution in [0.1, 0.15) is 11.7 Å². The van der Waals surface area contributed by atoms with E-state index in [2.05, 4.69) is 0 Å². The van der Waals surface area contributed by atoms with Gasteiger partial charge >= 0.3 is 0 Å². The lowest BCUT2D eigenvalue weighted by Gasteiger charge is -2.11. The maximum absolute atomic E-state index is 10.9. The molecule has 4 heteroatoms. The molecular formula is C9H11NO3. The van der Waals surface area contributed by atoms with Crippen molar-refractivity contribution in [3.63, 3.8) is 0 Å². The van der Waals surface area contributed by atoms with Gasteiger partial charge in [-0.25, -0.2) is 0 Å². The summed E-state index contributed by atoms with van der Waals surface area (Å²) in [6.45, 7) is 0. The number of hydrogen-bond acceptors (Lipinski definition) is 3. The largest absolute Gasteiger partial charge is 0.508 e. The average Bonchev–Trinajstić information content (AvgIpc) is 2.04. The van der Waals surface area contributed by atoms with Gasteiger partial charge in [0.05, 0.1) is 0 Å². The molecule has 0 saturated carbocycles. The van der Waals surface area contributed by atoms with Crippen molar-refractivity contribution in [3.8, 4) is 5.75 Å². The Bertz CT molecular complexity index is 311. The van der Waals surface area contributed by atoms with E-state index in [9.17, 15) is 4.79 Å². The number of carbonyl (C=O) groups excluding carboxylic acids is 1. The van der Waals surface area contributed by atoms with Crippen LogP contribution in [0.25, 0.3) is 0 Å². The highest BCUT2D eigenvalue weighted by Gasteiger charge is 2.16. The van der Waals surface area contributed by atoms with E-state index >= 15 is 0 Å². The molecule has 0 radical (unpaired) electrons. The third-order valence-corrected chi connectivity index (χ3v) is 1.67. The van der Waals surface area contributed by atoms with Gasteiger partial charge in [-0.15, -0.1) is 0 Å². The molecule has 0 heterocycles. The number of phenolic OH excluding ortho intramolecular Hbond substituents is 1. The molecule has 13 heavy (non-hydrogen) atoms. The molecule has 3 N–H and O–H groups in total. The Morgan fingerprint density at radius 1 is 1.62 bits per heavy atom. The minimum absolute atomic E-state index is 0.0841. The molecule has 4 nitrogen and oxygen atoms in total. The van der Waals surface area contributed by atoms with Crippen molar-refractivity contribution >= 4 is 5.91 Å². The molecule has 0 aliphatic heterocycles. The maximum Gasteiger partial charge on any atom is 0.251 e. The van der Waals surface area contributed by atoms with E-state index in [1.807, 2.05) is 0 Å². The van der Waals surface area contributed by atoms with E-state index < -0.39 is 12.0 Å². The zero-order valence-corrected chi connectivity index (χ0v) is 7.23. The Labute approximate surface area is 75.9 Å². The number of methoxy groups -OCH3 is 1. The van der Waals surface area contributed by atoms with Crippen LogP contribution < -0.4 is 5.73 Å². The highest BCUT2D eigenvalue weighted by Crippen LogP contribution is 2.20. The van der Waals surface area contributed by atoms with Gasteiger partial charge in [-0.1, -0.05) is 12.1 Å². The van der Waals surface area contributed by atoms with E-state index in [0.717, 1.165) is 0 Å². The van der Waals surface area contributed by atoms with Crippen molar-refractivity contribution in [2.75, 3.05) is 7.11 Å². The Balaban J connectivity index is 2.98. The first kappa shape index (κ1) is 9.54. The van der Waals surface area contributed by atoms with Gasteiger partial charge in [0.2, 0.25) is 0 Å². The van der Waals surface area contributed by atoms with Crippen LogP contribution in [-0.2, 0) is 9.53 Å². The van der Waals surface area contributed by atoms with Crippen molar-refractivity contribution in [2.24, 2.45) is 5.73 Å². The van der Waals surface area contributed by atoms with E-state index in [1.165, 1.54) is 19.2 Å². The molecule has 0 saturated heterocycles. The fourth-order valence-electron chi connectivity index (χ4n) is 1.10. The quantitative estimate of drug-likeness (QED) is 0.715. The molecule has 1 rings (SSSR count). The zero-order chi connectivity index (χ0) is 9.84. The summed E-state index contributed by atoms with van der Waals surface area (Å²) in [5, 5.41) is 9.13. The first-order chi connectivity index (χ1) is 6.15. The Hall–Kier alpha value is -1.55. The molecule has 0 aliphatic rings. The molecule has 0 aliphatic carbocycles. The minimum Gasteiger partial charge on any atom is -0.508 e. The van der Waals surface area contributed by atoms with Crippen LogP contribution >= 0.6 is 0 Å². The molecule has 0 bridgehead atoms. The Kier molecular flexibility index (Phi) is 2.87. The highest BCUT2D eigenvalue weighted by atomic mass is 16.5. The van der Waals surface area contributed by atoms with Crippen molar-refractivity contribution in [1.29, 1.82) is 0 Å². The second-order valence-corrected chi connectivity index (χ2v) is 2.61. The molecule has 1 unspecified atom stereocenters. The number of amides is 1. The van der Waals surface area contributed by atoms with Crippen molar-refractivity contribution in [3.05, 3.63) is 29.8 Å². The van der Waals surface area contributed by atoms with Gasteiger partial charge in [0.1, 0.15) is 5.75 Å². The normalized spacial score (nSPS) is 12.4. The van der Waals surface area contributed by atoms with Crippen LogP contribution in [0.3, 0.4) is 0 Å². The number of primary amides is 1. The molecule has 70 valence electrons. The van der Waals surface area contributed by atoms with Crippen LogP contribution in [0, 0.1) is 0 Å². The third kappa shape index (κ3) is 2.19. The van der Waals surface area contributed by atoms with Crippen LogP contribution in [0.5, 0.6) is 5.75 Å². The van der Waals surface area contributed by atoms with E-state index in [0.29, 0.717) is 5.56 Å². The summed E-state index contributed by atoms with van der Waals surface area (Å²) >= 11 is 0. The molecule has 0 aromatic heterocycles. The average molecular weight is 181 g/mol. The van der Waals surface area contributed by atoms with Crippen LogP contribution in [0.15, 0.2) is 24.3 Å². The Morgan fingerprint density at radius 3 is 2.77 bits per heavy atom. The summed E-state index contributed by atoms with van der Waals surface area (Å²) in [6, 6.07) is 6.24. The third-order valence-electron chi connectivity index (χ3n) is 1.67. The van der Waals surface area contributed by atoms with Gasteiger partial charge in [0.25, 0.3) is 5.91 Å². The lowest BCUT2D eigenvalue weighted by molar-refractivity contribution is -0.128. The van der Waals surface area contributed by atoms with Crippen molar-refractivity contribution in [2.45, 2.75) is 6.10 Å². The van der Waals surface area contributed by atoms with Crippen molar-refractivity contribution in [1.82, 2.24) is 0 Å². The smallest absolute Gasteiger partial charge is 0.251 e. The van der Waals surface area contributed by atoms with E-state index in [4.69, 9.17) is 15.6 Å². The first-order valence-corrected chi connectivity index (χ1v) is 3.76. The van der Waals surface area contributed by atoms with E-state index in [1.54, 1.807) is 12.1 Å². The number of ether oxygens (including phenoxy) is 1. The second-order valence-electron chi connectivity index (χ2n) is 2.61. The van der Waals surface area contributed by atoms with Gasteiger partial charge in [-0.3, -0.25) is 4.79 Å². The standard InChI is InChI=1S/C9H11NO3/c1-13-8(9(10)12)6-3-2-4-7(11)5-6/h2-5,8,11H,1H3,(H2,10,12). The predicted octanol–water partition coefficient (Wildman–Crippen LogP) is 0.565. The predicted molar refractivity (Wildman–Crippen MR) is 47.1 cm³/mol. The molecular weight excluding hydrogens is 170 g/mol. The summed E-state index contributed by atoms with van der Waals surface area (Å²) in [5.74, 6) is -0.492. The molecule has 1 aromatic carbocycles. The minimum atomic E-state index is -0.799. The van der Waals surface area contributed by atoms with Gasteiger partial charge in [0.15, 0.2) is 6.10 Å². The second kappa shape index (κ2) is 3.91. The molecule has 1 aromatic rings. The zero-order valence-electron chi connectivity index (χ0n) is 7.23. The summed E-state index contributed by atoms with van der Waals surface area (Å²) < 4.78 is 4.87. The molecule has 0 fully saturated rings. The monoisotopic (exact) mass is 181 g/mol. The maximum atomic E-state index is 10.9. The Morgan fingerprint density at radius 2 is 2.31 bits per heavy atom. The summed E-state index contributed by atoms with van der Waals surface area (Å²) in [5.41, 5.74) is 5.63. The fraction of sp³-hybridized carbons (Fsp3) is 0.222. The molecule has 1 amide bonds. The number of rotatable bonds is 3. The van der Waals surface area contributed by atoms with Crippen molar-refractivity contribution < 1.29 is 14.6 Å². The number of aromatic hydroxyl groups is 1. The lowest BCUT2D eigenvalue weighted by atomic mass is 10.1. The summed E-state index contributed by atoms with van der Waals surface area (Å²) in [6.07, 6.45) is -0.799. The van der Waals surface area contributed by atoms with Gasteiger partial charge in [-0.2, -0.15) is 0 Å². The first-order valence-electron chi connectivity index (χ1n) is 3.76. The SMILES string of the molecule is COC(C(N)=O)c1cccc(O)c1. The molecule has 1 atom stereocenters. The number of phenols is 1. The van der Waals surface area contributed by atoms with Gasteiger partial charge in [-0.05, 0) is 17.7 Å². The molecule has 0 spiro atoms. The summed E-state index contributed by atoms with van der Waals surface area (Å²) in [7, 11) is 1.39. The van der Waals surface area contributed by atoms with Crippen LogP contribution in [0.2, 0.25) is 0 Å². The number of nitrogens with two attached hydrogens (primary N) is 1. The van der Waals surface area contributed by atoms with Crippen LogP contribution in [0.4, 0.5) is 0 Å². The van der Waals surface area contributed by atoms with Gasteiger partial charge in [0, 0.05) is 7.11 Å². The number of carbonyl (C=O) groups is 1.